The summed E-state index contributed by atoms with van der Waals surface area (Å²) in [6.07, 6.45) is 1.41. The van der Waals surface area contributed by atoms with Crippen LogP contribution in [-0.2, 0) is 24.3 Å². The van der Waals surface area contributed by atoms with Gasteiger partial charge in [-0.25, -0.2) is 9.67 Å². The highest BCUT2D eigenvalue weighted by atomic mass is 19.4. The first kappa shape index (κ1) is 20.6. The summed E-state index contributed by atoms with van der Waals surface area (Å²) in [6.45, 7) is 1.33. The van der Waals surface area contributed by atoms with Crippen LogP contribution in [0.3, 0.4) is 0 Å². The second-order valence-corrected chi connectivity index (χ2v) is 7.74. The third-order valence-corrected chi connectivity index (χ3v) is 5.62. The molecule has 0 radical (unpaired) electrons. The minimum atomic E-state index is -4.78. The van der Waals surface area contributed by atoms with Crippen molar-refractivity contribution in [2.24, 2.45) is 0 Å². The van der Waals surface area contributed by atoms with Crippen LogP contribution in [0, 0.1) is 0 Å². The van der Waals surface area contributed by atoms with E-state index in [0.717, 1.165) is 37.1 Å². The lowest BCUT2D eigenvalue weighted by Crippen LogP contribution is -2.35. The van der Waals surface area contributed by atoms with E-state index in [1.807, 2.05) is 4.57 Å². The summed E-state index contributed by atoms with van der Waals surface area (Å²) in [4.78, 5) is 17.2. The van der Waals surface area contributed by atoms with E-state index in [1.165, 1.54) is 22.9 Å². The van der Waals surface area contributed by atoms with E-state index < -0.39 is 12.4 Å². The Morgan fingerprint density at radius 3 is 2.97 bits per heavy atom. The third-order valence-electron chi connectivity index (χ3n) is 5.62. The molecule has 1 amide bonds. The monoisotopic (exact) mass is 447 g/mol. The molecule has 5 rings (SSSR count). The standard InChI is InChI=1S/C21H20F3N5O3/c22-21(23,24)32-14-5-3-4-13(8-14)29-18-11-31-10-16(15(18)9-26-29)27-20(30)19-17-6-1-2-7-28(17)12-25-19/h3-5,8-9,12,16H,1-2,6-7,10-11H2,(H,27,30)/t16-/m1/s1. The number of imidazole rings is 1. The molecule has 4 heterocycles. The maximum atomic E-state index is 12.9. The minimum Gasteiger partial charge on any atom is -0.406 e. The molecule has 0 saturated heterocycles. The van der Waals surface area contributed by atoms with Crippen molar-refractivity contribution >= 4 is 5.91 Å². The Morgan fingerprint density at radius 2 is 2.12 bits per heavy atom. The number of ether oxygens (including phenoxy) is 2. The molecule has 1 aromatic carbocycles. The number of carbonyl (C=O) groups is 1. The van der Waals surface area contributed by atoms with E-state index >= 15 is 0 Å². The van der Waals surface area contributed by atoms with Crippen LogP contribution >= 0.6 is 0 Å². The number of nitrogens with one attached hydrogen (secondary N) is 1. The van der Waals surface area contributed by atoms with Crippen molar-refractivity contribution in [3.63, 3.8) is 0 Å². The van der Waals surface area contributed by atoms with E-state index in [1.54, 1.807) is 18.6 Å². The Kier molecular flexibility index (Phi) is 5.12. The van der Waals surface area contributed by atoms with Gasteiger partial charge in [0.05, 0.1) is 48.9 Å². The summed E-state index contributed by atoms with van der Waals surface area (Å²) in [5.41, 5.74) is 3.15. The predicted octanol–water partition coefficient (Wildman–Crippen LogP) is 3.31. The molecule has 8 nitrogen and oxygen atoms in total. The lowest BCUT2D eigenvalue weighted by Gasteiger charge is -2.24. The number of carbonyl (C=O) groups excluding carboxylic acids is 1. The number of aromatic nitrogens is 4. The number of aryl methyl sites for hydroxylation is 1. The highest BCUT2D eigenvalue weighted by molar-refractivity contribution is 5.93. The summed E-state index contributed by atoms with van der Waals surface area (Å²) < 4.78 is 50.9. The number of hydrogen-bond donors (Lipinski definition) is 1. The molecule has 0 bridgehead atoms. The molecule has 2 aliphatic heterocycles. The molecular formula is C21H20F3N5O3. The smallest absolute Gasteiger partial charge is 0.406 e. The normalized spacial score (nSPS) is 18.0. The Hall–Kier alpha value is -3.34. The molecule has 1 N–H and O–H groups in total. The van der Waals surface area contributed by atoms with Gasteiger partial charge in [0.1, 0.15) is 11.4 Å². The zero-order chi connectivity index (χ0) is 22.3. The van der Waals surface area contributed by atoms with Crippen molar-refractivity contribution in [2.45, 2.75) is 44.8 Å². The summed E-state index contributed by atoms with van der Waals surface area (Å²) in [5.74, 6) is -0.624. The van der Waals surface area contributed by atoms with Gasteiger partial charge in [0, 0.05) is 18.2 Å². The first-order valence-electron chi connectivity index (χ1n) is 10.2. The average molecular weight is 447 g/mol. The van der Waals surface area contributed by atoms with E-state index in [-0.39, 0.29) is 24.9 Å². The van der Waals surface area contributed by atoms with Crippen LogP contribution in [-0.4, -0.2) is 38.2 Å². The van der Waals surface area contributed by atoms with Crippen LogP contribution in [0.15, 0.2) is 36.8 Å². The first-order valence-corrected chi connectivity index (χ1v) is 10.2. The van der Waals surface area contributed by atoms with Crippen molar-refractivity contribution in [2.75, 3.05) is 6.61 Å². The van der Waals surface area contributed by atoms with Gasteiger partial charge in [-0.1, -0.05) is 6.07 Å². The van der Waals surface area contributed by atoms with Gasteiger partial charge < -0.3 is 19.4 Å². The first-order chi connectivity index (χ1) is 15.4. The highest BCUT2D eigenvalue weighted by Crippen LogP contribution is 2.30. The Labute approximate surface area is 180 Å². The number of alkyl halides is 3. The molecular weight excluding hydrogens is 427 g/mol. The molecule has 0 fully saturated rings. The quantitative estimate of drug-likeness (QED) is 0.664. The van der Waals surface area contributed by atoms with Crippen LogP contribution in [0.1, 0.15) is 46.3 Å². The van der Waals surface area contributed by atoms with E-state index in [0.29, 0.717) is 17.1 Å². The molecule has 168 valence electrons. The molecule has 2 aromatic heterocycles. The van der Waals surface area contributed by atoms with Crippen LogP contribution in [0.25, 0.3) is 5.69 Å². The van der Waals surface area contributed by atoms with Crippen LogP contribution in [0.2, 0.25) is 0 Å². The summed E-state index contributed by atoms with van der Waals surface area (Å²) in [7, 11) is 0. The lowest BCUT2D eigenvalue weighted by atomic mass is 10.0. The summed E-state index contributed by atoms with van der Waals surface area (Å²) >= 11 is 0. The molecule has 11 heteroatoms. The zero-order valence-corrected chi connectivity index (χ0v) is 16.9. The molecule has 2 aliphatic rings. The number of hydrogen-bond acceptors (Lipinski definition) is 5. The topological polar surface area (TPSA) is 83.2 Å². The maximum absolute atomic E-state index is 12.9. The van der Waals surface area contributed by atoms with Gasteiger partial charge in [-0.15, -0.1) is 13.2 Å². The van der Waals surface area contributed by atoms with Gasteiger partial charge in [0.25, 0.3) is 5.91 Å². The van der Waals surface area contributed by atoms with Crippen LogP contribution in [0.4, 0.5) is 13.2 Å². The largest absolute Gasteiger partial charge is 0.573 e. The van der Waals surface area contributed by atoms with Crippen molar-refractivity contribution in [3.8, 4) is 11.4 Å². The Bertz CT molecular complexity index is 1150. The molecule has 0 saturated carbocycles. The van der Waals surface area contributed by atoms with Crippen LogP contribution in [0.5, 0.6) is 5.75 Å². The molecule has 0 aliphatic carbocycles. The van der Waals surface area contributed by atoms with Crippen molar-refractivity contribution < 1.29 is 27.4 Å². The fraction of sp³-hybridized carbons (Fsp3) is 0.381. The average Bonchev–Trinajstić information content (AvgIpc) is 3.38. The van der Waals surface area contributed by atoms with E-state index in [9.17, 15) is 18.0 Å². The Morgan fingerprint density at radius 1 is 1.25 bits per heavy atom. The zero-order valence-electron chi connectivity index (χ0n) is 16.9. The van der Waals surface area contributed by atoms with Gasteiger partial charge in [-0.3, -0.25) is 4.79 Å². The molecule has 3 aromatic rings. The number of benzene rings is 1. The summed E-state index contributed by atoms with van der Waals surface area (Å²) in [5, 5.41) is 7.29. The lowest BCUT2D eigenvalue weighted by molar-refractivity contribution is -0.274. The van der Waals surface area contributed by atoms with Gasteiger partial charge in [0.2, 0.25) is 0 Å². The second-order valence-electron chi connectivity index (χ2n) is 7.74. The minimum absolute atomic E-state index is 0.214. The van der Waals surface area contributed by atoms with Crippen molar-refractivity contribution in [1.29, 1.82) is 0 Å². The molecule has 0 spiro atoms. The van der Waals surface area contributed by atoms with E-state index in [4.69, 9.17) is 4.74 Å². The van der Waals surface area contributed by atoms with Crippen molar-refractivity contribution in [3.05, 3.63) is 59.4 Å². The van der Waals surface area contributed by atoms with Gasteiger partial charge in [0.15, 0.2) is 0 Å². The predicted molar refractivity (Wildman–Crippen MR) is 105 cm³/mol. The van der Waals surface area contributed by atoms with Gasteiger partial charge in [-0.05, 0) is 31.4 Å². The van der Waals surface area contributed by atoms with Crippen molar-refractivity contribution in [1.82, 2.24) is 24.6 Å². The molecule has 32 heavy (non-hydrogen) atoms. The van der Waals surface area contributed by atoms with Crippen LogP contribution < -0.4 is 10.1 Å². The fourth-order valence-corrected chi connectivity index (χ4v) is 4.19. The number of fused-ring (bicyclic) bond motifs is 2. The third kappa shape index (κ3) is 3.95. The summed E-state index contributed by atoms with van der Waals surface area (Å²) in [6, 6.07) is 5.10. The number of nitrogens with zero attached hydrogens (tertiary/aromatic N) is 4. The molecule has 0 unspecified atom stereocenters. The fourth-order valence-electron chi connectivity index (χ4n) is 4.19. The number of halogens is 3. The number of rotatable bonds is 4. The van der Waals surface area contributed by atoms with Gasteiger partial charge in [-0.2, -0.15) is 5.10 Å². The SMILES string of the molecule is O=C(N[C@@H]1COCc2c1cnn2-c1cccc(OC(F)(F)F)c1)c1ncn2c1CCCC2. The van der Waals surface area contributed by atoms with E-state index in [2.05, 4.69) is 20.1 Å². The second kappa shape index (κ2) is 7.97. The highest BCUT2D eigenvalue weighted by Gasteiger charge is 2.32. The molecule has 1 atom stereocenters. The maximum Gasteiger partial charge on any atom is 0.573 e. The number of amides is 1. The van der Waals surface area contributed by atoms with Gasteiger partial charge >= 0.3 is 6.36 Å². The Balaban J connectivity index is 1.39.